The van der Waals surface area contributed by atoms with Gasteiger partial charge in [0.1, 0.15) is 0 Å². The van der Waals surface area contributed by atoms with Crippen LogP contribution in [0.1, 0.15) is 24.4 Å². The van der Waals surface area contributed by atoms with Gasteiger partial charge in [0.25, 0.3) is 0 Å². The number of nitrogens with zero attached hydrogens (tertiary/aromatic N) is 1. The second-order valence-electron chi connectivity index (χ2n) is 4.28. The van der Waals surface area contributed by atoms with Gasteiger partial charge in [-0.25, -0.2) is 4.79 Å². The molecule has 5 heteroatoms. The Kier molecular flexibility index (Phi) is 5.03. The van der Waals surface area contributed by atoms with Crippen molar-refractivity contribution in [1.82, 2.24) is 0 Å². The molecule has 0 fully saturated rings. The Labute approximate surface area is 101 Å². The van der Waals surface area contributed by atoms with E-state index in [9.17, 15) is 4.79 Å². The summed E-state index contributed by atoms with van der Waals surface area (Å²) < 4.78 is 10.3. The molecule has 96 valence electrons. The van der Waals surface area contributed by atoms with Crippen LogP contribution in [0, 0.1) is 5.92 Å². The number of methoxy groups -OCH3 is 1. The topological polar surface area (TPSA) is 62.9 Å². The lowest BCUT2D eigenvalue weighted by atomic mass is 10.2. The van der Waals surface area contributed by atoms with Gasteiger partial charge in [-0.1, -0.05) is 13.8 Å². The largest absolute Gasteiger partial charge is 0.475 e. The fraction of sp³-hybridized carbons (Fsp3) is 0.583. The van der Waals surface area contributed by atoms with Crippen molar-refractivity contribution < 1.29 is 19.1 Å². The summed E-state index contributed by atoms with van der Waals surface area (Å²) in [6.07, 6.45) is 0. The molecule has 1 rings (SSSR count). The molecule has 0 atom stereocenters. The number of anilines is 1. The number of carboxylic acid groups (broad SMARTS) is 1. The molecule has 0 saturated carbocycles. The fourth-order valence-electron chi connectivity index (χ4n) is 1.55. The Bertz CT molecular complexity index is 359. The SMILES string of the molecule is COCCN(CC(C)C)c1ccc(C(=O)O)o1. The molecule has 0 aliphatic heterocycles. The highest BCUT2D eigenvalue weighted by atomic mass is 16.5. The van der Waals surface area contributed by atoms with Gasteiger partial charge in [-0.2, -0.15) is 0 Å². The second-order valence-corrected chi connectivity index (χ2v) is 4.28. The predicted molar refractivity (Wildman–Crippen MR) is 64.6 cm³/mol. The number of carbonyl (C=O) groups is 1. The zero-order valence-corrected chi connectivity index (χ0v) is 10.5. The summed E-state index contributed by atoms with van der Waals surface area (Å²) in [5.74, 6) is -0.0444. The third kappa shape index (κ3) is 4.11. The van der Waals surface area contributed by atoms with Crippen LogP contribution in [-0.2, 0) is 4.74 Å². The second kappa shape index (κ2) is 6.30. The maximum atomic E-state index is 10.7. The summed E-state index contributed by atoms with van der Waals surface area (Å²) in [4.78, 5) is 12.7. The van der Waals surface area contributed by atoms with Crippen LogP contribution in [0.5, 0.6) is 0 Å². The van der Waals surface area contributed by atoms with Gasteiger partial charge in [-0.3, -0.25) is 0 Å². The van der Waals surface area contributed by atoms with Crippen LogP contribution in [0.25, 0.3) is 0 Å². The van der Waals surface area contributed by atoms with E-state index in [4.69, 9.17) is 14.3 Å². The van der Waals surface area contributed by atoms with Crippen LogP contribution in [0.2, 0.25) is 0 Å². The summed E-state index contributed by atoms with van der Waals surface area (Å²) >= 11 is 0. The van der Waals surface area contributed by atoms with Gasteiger partial charge in [0, 0.05) is 26.3 Å². The number of rotatable bonds is 7. The Morgan fingerprint density at radius 3 is 2.71 bits per heavy atom. The van der Waals surface area contributed by atoms with E-state index in [1.54, 1.807) is 13.2 Å². The summed E-state index contributed by atoms with van der Waals surface area (Å²) in [6.45, 7) is 6.26. The molecule has 0 radical (unpaired) electrons. The molecule has 1 aromatic rings. The van der Waals surface area contributed by atoms with Crippen LogP contribution >= 0.6 is 0 Å². The summed E-state index contributed by atoms with van der Waals surface area (Å²) in [7, 11) is 1.64. The Balaban J connectivity index is 2.76. The number of carboxylic acids is 1. The summed E-state index contributed by atoms with van der Waals surface area (Å²) in [5, 5.41) is 8.80. The molecule has 1 N–H and O–H groups in total. The van der Waals surface area contributed by atoms with Crippen LogP contribution in [-0.4, -0.2) is 37.9 Å². The van der Waals surface area contributed by atoms with Crippen molar-refractivity contribution in [3.05, 3.63) is 17.9 Å². The number of hydrogen-bond donors (Lipinski definition) is 1. The fourth-order valence-corrected chi connectivity index (χ4v) is 1.55. The van der Waals surface area contributed by atoms with Crippen molar-refractivity contribution >= 4 is 11.9 Å². The zero-order chi connectivity index (χ0) is 12.8. The maximum Gasteiger partial charge on any atom is 0.371 e. The van der Waals surface area contributed by atoms with Crippen LogP contribution in [0.15, 0.2) is 16.5 Å². The van der Waals surface area contributed by atoms with Crippen LogP contribution in [0.3, 0.4) is 0 Å². The van der Waals surface area contributed by atoms with Crippen LogP contribution < -0.4 is 4.90 Å². The molecule has 5 nitrogen and oxygen atoms in total. The third-order valence-electron chi connectivity index (χ3n) is 2.27. The first-order valence-electron chi connectivity index (χ1n) is 5.61. The first kappa shape index (κ1) is 13.6. The minimum absolute atomic E-state index is 0.0360. The van der Waals surface area contributed by atoms with Crippen LogP contribution in [0.4, 0.5) is 5.88 Å². The average molecular weight is 241 g/mol. The molecular weight excluding hydrogens is 222 g/mol. The van der Waals surface area contributed by atoms with Crippen molar-refractivity contribution in [2.24, 2.45) is 5.92 Å². The molecule has 1 aromatic heterocycles. The smallest absolute Gasteiger partial charge is 0.371 e. The van der Waals surface area contributed by atoms with Crippen molar-refractivity contribution in [3.63, 3.8) is 0 Å². The summed E-state index contributed by atoms with van der Waals surface area (Å²) in [6, 6.07) is 3.15. The zero-order valence-electron chi connectivity index (χ0n) is 10.5. The molecule has 17 heavy (non-hydrogen) atoms. The highest BCUT2D eigenvalue weighted by Gasteiger charge is 2.15. The van der Waals surface area contributed by atoms with Crippen molar-refractivity contribution in [1.29, 1.82) is 0 Å². The molecular formula is C12H19NO4. The first-order chi connectivity index (χ1) is 8.04. The molecule has 0 aromatic carbocycles. The van der Waals surface area contributed by atoms with Gasteiger partial charge in [-0.05, 0) is 12.0 Å². The number of furan rings is 1. The van der Waals surface area contributed by atoms with E-state index in [0.717, 1.165) is 6.54 Å². The lowest BCUT2D eigenvalue weighted by molar-refractivity contribution is 0.0663. The van der Waals surface area contributed by atoms with Crippen molar-refractivity contribution in [2.75, 3.05) is 31.7 Å². The predicted octanol–water partition coefficient (Wildman–Crippen LogP) is 2.09. The Morgan fingerprint density at radius 2 is 2.24 bits per heavy atom. The molecule has 0 aliphatic carbocycles. The van der Waals surface area contributed by atoms with E-state index in [-0.39, 0.29) is 5.76 Å². The van der Waals surface area contributed by atoms with Gasteiger partial charge in [0.15, 0.2) is 5.88 Å². The lowest BCUT2D eigenvalue weighted by Crippen LogP contribution is -2.30. The monoisotopic (exact) mass is 241 g/mol. The van der Waals surface area contributed by atoms with Gasteiger partial charge in [-0.15, -0.1) is 0 Å². The van der Waals surface area contributed by atoms with Crippen molar-refractivity contribution in [2.45, 2.75) is 13.8 Å². The molecule has 1 heterocycles. The molecule has 0 unspecified atom stereocenters. The van der Waals surface area contributed by atoms with Gasteiger partial charge in [0.2, 0.25) is 5.76 Å². The first-order valence-corrected chi connectivity index (χ1v) is 5.61. The van der Waals surface area contributed by atoms with Gasteiger partial charge < -0.3 is 19.2 Å². The molecule has 0 bridgehead atoms. The maximum absolute atomic E-state index is 10.7. The molecule has 0 aliphatic rings. The van der Waals surface area contributed by atoms with E-state index < -0.39 is 5.97 Å². The summed E-state index contributed by atoms with van der Waals surface area (Å²) in [5.41, 5.74) is 0. The van der Waals surface area contributed by atoms with E-state index >= 15 is 0 Å². The lowest BCUT2D eigenvalue weighted by Gasteiger charge is -2.23. The van der Waals surface area contributed by atoms with E-state index in [2.05, 4.69) is 13.8 Å². The number of hydrogen-bond acceptors (Lipinski definition) is 4. The van der Waals surface area contributed by atoms with Gasteiger partial charge >= 0.3 is 5.97 Å². The Hall–Kier alpha value is -1.49. The number of aromatic carboxylic acids is 1. The standard InChI is InChI=1S/C12H19NO4/c1-9(2)8-13(6-7-16-3)11-5-4-10(17-11)12(14)15/h4-5,9H,6-8H2,1-3H3,(H,14,15). The molecule has 0 saturated heterocycles. The Morgan fingerprint density at radius 1 is 1.53 bits per heavy atom. The quantitative estimate of drug-likeness (QED) is 0.792. The van der Waals surface area contributed by atoms with E-state index in [1.807, 2.05) is 4.90 Å². The highest BCUT2D eigenvalue weighted by molar-refractivity contribution is 5.84. The normalized spacial score (nSPS) is 10.8. The highest BCUT2D eigenvalue weighted by Crippen LogP contribution is 2.19. The minimum atomic E-state index is -1.05. The molecule has 0 amide bonds. The van der Waals surface area contributed by atoms with Gasteiger partial charge in [0.05, 0.1) is 6.61 Å². The average Bonchev–Trinajstić information content (AvgIpc) is 2.72. The van der Waals surface area contributed by atoms with E-state index in [0.29, 0.717) is 25.0 Å². The van der Waals surface area contributed by atoms with E-state index in [1.165, 1.54) is 6.07 Å². The van der Waals surface area contributed by atoms with Crippen molar-refractivity contribution in [3.8, 4) is 0 Å². The molecule has 0 spiro atoms. The minimum Gasteiger partial charge on any atom is -0.475 e. The number of ether oxygens (including phenoxy) is 1. The third-order valence-corrected chi connectivity index (χ3v) is 2.27.